The van der Waals surface area contributed by atoms with Gasteiger partial charge in [0.1, 0.15) is 0 Å². The van der Waals surface area contributed by atoms with Crippen LogP contribution in [-0.2, 0) is 9.47 Å². The Bertz CT molecular complexity index is 953. The number of rotatable bonds is 5. The van der Waals surface area contributed by atoms with Gasteiger partial charge in [-0.3, -0.25) is 0 Å². The topological polar surface area (TPSA) is 52.6 Å². The van der Waals surface area contributed by atoms with E-state index >= 15 is 0 Å². The fraction of sp³-hybridized carbons (Fsp3) is 0.130. The molecule has 3 aromatic rings. The summed E-state index contributed by atoms with van der Waals surface area (Å²) in [5.74, 6) is -1.37. The van der Waals surface area contributed by atoms with Crippen molar-refractivity contribution in [1.29, 1.82) is 0 Å². The quantitative estimate of drug-likeness (QED) is 0.446. The zero-order valence-corrected chi connectivity index (χ0v) is 16.3. The second-order valence-corrected chi connectivity index (χ2v) is 6.52. The maximum atomic E-state index is 12.4. The van der Waals surface area contributed by atoms with Crippen molar-refractivity contribution in [2.45, 2.75) is 5.92 Å². The molecular weight excluding hydrogens is 376 g/mol. The maximum absolute atomic E-state index is 12.4. The first-order valence-electron chi connectivity index (χ1n) is 8.67. The van der Waals surface area contributed by atoms with Crippen molar-refractivity contribution >= 4 is 23.5 Å². The minimum atomic E-state index is -0.459. The number of ether oxygens (including phenoxy) is 2. The Kier molecular flexibility index (Phi) is 6.12. The molecule has 28 heavy (non-hydrogen) atoms. The standard InChI is InChI=1S/C23H19ClO4/c1-27-22(25)17-11-5-3-9-15(17)21(19-13-7-8-14-20(19)24)16-10-4-6-12-18(16)23(26)28-2/h3-14,21H,1-2H3. The van der Waals surface area contributed by atoms with Gasteiger partial charge < -0.3 is 9.47 Å². The third-order valence-electron chi connectivity index (χ3n) is 4.57. The summed E-state index contributed by atoms with van der Waals surface area (Å²) in [5, 5.41) is 0.534. The summed E-state index contributed by atoms with van der Waals surface area (Å²) in [6.45, 7) is 0. The molecule has 0 aliphatic carbocycles. The Morgan fingerprint density at radius 3 is 1.50 bits per heavy atom. The second kappa shape index (κ2) is 8.72. The maximum Gasteiger partial charge on any atom is 0.338 e. The smallest absolute Gasteiger partial charge is 0.338 e. The Morgan fingerprint density at radius 1 is 0.679 bits per heavy atom. The van der Waals surface area contributed by atoms with Crippen molar-refractivity contribution in [1.82, 2.24) is 0 Å². The normalized spacial score (nSPS) is 10.6. The molecule has 0 unspecified atom stereocenters. The van der Waals surface area contributed by atoms with Crippen molar-refractivity contribution < 1.29 is 19.1 Å². The molecule has 0 bridgehead atoms. The van der Waals surface area contributed by atoms with E-state index in [1.54, 1.807) is 30.3 Å². The number of benzene rings is 3. The van der Waals surface area contributed by atoms with Crippen molar-refractivity contribution in [2.24, 2.45) is 0 Å². The van der Waals surface area contributed by atoms with E-state index in [9.17, 15) is 9.59 Å². The molecule has 3 aromatic carbocycles. The summed E-state index contributed by atoms with van der Waals surface area (Å²) >= 11 is 6.52. The third kappa shape index (κ3) is 3.78. The summed E-state index contributed by atoms with van der Waals surface area (Å²) in [6.07, 6.45) is 0. The number of carbonyl (C=O) groups excluding carboxylic acids is 2. The predicted octanol–water partition coefficient (Wildman–Crippen LogP) is 5.09. The Balaban J connectivity index is 2.33. The van der Waals surface area contributed by atoms with E-state index in [0.29, 0.717) is 27.3 Å². The lowest BCUT2D eigenvalue weighted by molar-refractivity contribution is 0.0592. The predicted molar refractivity (Wildman–Crippen MR) is 108 cm³/mol. The van der Waals surface area contributed by atoms with Crippen LogP contribution in [-0.4, -0.2) is 26.2 Å². The van der Waals surface area contributed by atoms with E-state index in [0.717, 1.165) is 5.56 Å². The number of carbonyl (C=O) groups is 2. The van der Waals surface area contributed by atoms with Gasteiger partial charge in [-0.15, -0.1) is 0 Å². The summed E-state index contributed by atoms with van der Waals surface area (Å²) in [5.41, 5.74) is 2.98. The highest BCUT2D eigenvalue weighted by Crippen LogP contribution is 2.39. The molecule has 0 atom stereocenters. The average molecular weight is 395 g/mol. The van der Waals surface area contributed by atoms with Crippen LogP contribution in [0.4, 0.5) is 0 Å². The molecule has 0 saturated carbocycles. The van der Waals surface area contributed by atoms with Crippen molar-refractivity contribution in [3.05, 3.63) is 106 Å². The van der Waals surface area contributed by atoms with Gasteiger partial charge in [0.2, 0.25) is 0 Å². The molecule has 0 heterocycles. The summed E-state index contributed by atoms with van der Waals surface area (Å²) in [7, 11) is 2.68. The second-order valence-electron chi connectivity index (χ2n) is 6.11. The van der Waals surface area contributed by atoms with Gasteiger partial charge in [0.05, 0.1) is 25.3 Å². The lowest BCUT2D eigenvalue weighted by Gasteiger charge is -2.23. The van der Waals surface area contributed by atoms with Gasteiger partial charge in [-0.25, -0.2) is 9.59 Å². The number of hydrogen-bond acceptors (Lipinski definition) is 4. The molecule has 3 rings (SSSR count). The van der Waals surface area contributed by atoms with Gasteiger partial charge in [-0.05, 0) is 34.9 Å². The molecule has 0 aliphatic heterocycles. The van der Waals surface area contributed by atoms with Gasteiger partial charge in [0.25, 0.3) is 0 Å². The molecule has 0 spiro atoms. The summed E-state index contributed by atoms with van der Waals surface area (Å²) < 4.78 is 9.93. The van der Waals surface area contributed by atoms with E-state index in [1.807, 2.05) is 42.5 Å². The highest BCUT2D eigenvalue weighted by molar-refractivity contribution is 6.31. The molecule has 0 aromatic heterocycles. The molecular formula is C23H19ClO4. The molecule has 0 N–H and O–H groups in total. The van der Waals surface area contributed by atoms with E-state index in [1.165, 1.54) is 14.2 Å². The lowest BCUT2D eigenvalue weighted by Crippen LogP contribution is -2.15. The van der Waals surface area contributed by atoms with Crippen LogP contribution in [0.2, 0.25) is 5.02 Å². The molecule has 0 amide bonds. The summed E-state index contributed by atoms with van der Waals surface area (Å²) in [4.78, 5) is 24.8. The van der Waals surface area contributed by atoms with Crippen molar-refractivity contribution in [3.63, 3.8) is 0 Å². The van der Waals surface area contributed by atoms with Crippen LogP contribution < -0.4 is 0 Å². The van der Waals surface area contributed by atoms with Crippen LogP contribution >= 0.6 is 11.6 Å². The molecule has 0 radical (unpaired) electrons. The van der Waals surface area contributed by atoms with Gasteiger partial charge in [-0.1, -0.05) is 66.2 Å². The van der Waals surface area contributed by atoms with Crippen molar-refractivity contribution in [3.8, 4) is 0 Å². The molecule has 0 fully saturated rings. The molecule has 142 valence electrons. The molecule has 4 nitrogen and oxygen atoms in total. The summed E-state index contributed by atoms with van der Waals surface area (Å²) in [6, 6.07) is 21.7. The minimum Gasteiger partial charge on any atom is -0.465 e. The highest BCUT2D eigenvalue weighted by atomic mass is 35.5. The van der Waals surface area contributed by atoms with Gasteiger partial charge in [-0.2, -0.15) is 0 Å². The zero-order valence-electron chi connectivity index (χ0n) is 15.5. The van der Waals surface area contributed by atoms with Crippen LogP contribution in [0.3, 0.4) is 0 Å². The Morgan fingerprint density at radius 2 is 1.07 bits per heavy atom. The number of esters is 2. The van der Waals surface area contributed by atoms with Gasteiger partial charge >= 0.3 is 11.9 Å². The Hall–Kier alpha value is -3.11. The number of hydrogen-bond donors (Lipinski definition) is 0. The largest absolute Gasteiger partial charge is 0.465 e. The SMILES string of the molecule is COC(=O)c1ccccc1C(c1ccccc1Cl)c1ccccc1C(=O)OC. The fourth-order valence-corrected chi connectivity index (χ4v) is 3.55. The van der Waals surface area contributed by atoms with E-state index in [4.69, 9.17) is 21.1 Å². The minimum absolute atomic E-state index is 0.412. The van der Waals surface area contributed by atoms with Gasteiger partial charge in [0.15, 0.2) is 0 Å². The number of methoxy groups -OCH3 is 2. The average Bonchev–Trinajstić information content (AvgIpc) is 2.75. The first-order valence-corrected chi connectivity index (χ1v) is 9.05. The van der Waals surface area contributed by atoms with Crippen LogP contribution in [0.1, 0.15) is 43.3 Å². The zero-order chi connectivity index (χ0) is 20.1. The molecule has 0 saturated heterocycles. The monoisotopic (exact) mass is 394 g/mol. The molecule has 0 aliphatic rings. The first kappa shape index (κ1) is 19.6. The Labute approximate surface area is 168 Å². The molecule has 5 heteroatoms. The highest BCUT2D eigenvalue weighted by Gasteiger charge is 2.28. The van der Waals surface area contributed by atoms with E-state index < -0.39 is 17.9 Å². The van der Waals surface area contributed by atoms with Crippen LogP contribution in [0.25, 0.3) is 0 Å². The lowest BCUT2D eigenvalue weighted by atomic mass is 9.81. The van der Waals surface area contributed by atoms with E-state index in [-0.39, 0.29) is 0 Å². The first-order chi connectivity index (χ1) is 13.6. The third-order valence-corrected chi connectivity index (χ3v) is 4.91. The number of halogens is 1. The van der Waals surface area contributed by atoms with Crippen molar-refractivity contribution in [2.75, 3.05) is 14.2 Å². The van der Waals surface area contributed by atoms with Crippen LogP contribution in [0.5, 0.6) is 0 Å². The van der Waals surface area contributed by atoms with Gasteiger partial charge in [0, 0.05) is 10.9 Å². The van der Waals surface area contributed by atoms with E-state index in [2.05, 4.69) is 0 Å². The van der Waals surface area contributed by atoms with Crippen LogP contribution in [0.15, 0.2) is 72.8 Å². The fourth-order valence-electron chi connectivity index (χ4n) is 3.30. The van der Waals surface area contributed by atoms with Crippen LogP contribution in [0, 0.1) is 0 Å².